The Bertz CT molecular complexity index is 644. The van der Waals surface area contributed by atoms with E-state index < -0.39 is 0 Å². The Morgan fingerprint density at radius 2 is 1.95 bits per heavy atom. The van der Waals surface area contributed by atoms with E-state index in [4.69, 9.17) is 16.3 Å². The molecule has 0 bridgehead atoms. The van der Waals surface area contributed by atoms with Crippen LogP contribution in [0.4, 0.5) is 11.4 Å². The van der Waals surface area contributed by atoms with Crippen LogP contribution in [0.15, 0.2) is 42.5 Å². The fourth-order valence-electron chi connectivity index (χ4n) is 1.94. The summed E-state index contributed by atoms with van der Waals surface area (Å²) >= 11 is 6.10. The van der Waals surface area contributed by atoms with Crippen molar-refractivity contribution in [1.82, 2.24) is 0 Å². The quantitative estimate of drug-likeness (QED) is 0.876. The van der Waals surface area contributed by atoms with Gasteiger partial charge in [-0.05, 0) is 31.2 Å². The van der Waals surface area contributed by atoms with Crippen molar-refractivity contribution in [1.29, 1.82) is 0 Å². The van der Waals surface area contributed by atoms with E-state index in [1.165, 1.54) is 0 Å². The van der Waals surface area contributed by atoms with Crippen LogP contribution >= 0.6 is 11.6 Å². The molecule has 0 atom stereocenters. The third kappa shape index (κ3) is 3.67. The number of amides is 1. The first kappa shape index (κ1) is 15.2. The molecule has 0 fully saturated rings. The number of carbonyl (C=O) groups is 1. The van der Waals surface area contributed by atoms with Crippen molar-refractivity contribution in [3.63, 3.8) is 0 Å². The summed E-state index contributed by atoms with van der Waals surface area (Å²) in [7, 11) is 1.56. The van der Waals surface area contributed by atoms with E-state index >= 15 is 0 Å². The molecule has 0 unspecified atom stereocenters. The molecule has 0 saturated carbocycles. The van der Waals surface area contributed by atoms with Crippen LogP contribution in [0, 0.1) is 0 Å². The number of nitrogens with one attached hydrogen (secondary N) is 2. The van der Waals surface area contributed by atoms with Crippen LogP contribution in [-0.4, -0.2) is 19.6 Å². The van der Waals surface area contributed by atoms with E-state index in [0.717, 1.165) is 12.2 Å². The van der Waals surface area contributed by atoms with Gasteiger partial charge in [0.2, 0.25) is 0 Å². The number of anilines is 2. The smallest absolute Gasteiger partial charge is 0.257 e. The van der Waals surface area contributed by atoms with Crippen LogP contribution in [-0.2, 0) is 0 Å². The van der Waals surface area contributed by atoms with Crippen molar-refractivity contribution in [3.8, 4) is 5.75 Å². The van der Waals surface area contributed by atoms with Gasteiger partial charge in [-0.1, -0.05) is 23.7 Å². The first-order valence-corrected chi connectivity index (χ1v) is 7.01. The fraction of sp³-hybridized carbons (Fsp3) is 0.188. The predicted molar refractivity (Wildman–Crippen MR) is 86.6 cm³/mol. The van der Waals surface area contributed by atoms with E-state index in [1.54, 1.807) is 31.4 Å². The molecular formula is C16H17ClN2O2. The maximum atomic E-state index is 12.4. The summed E-state index contributed by atoms with van der Waals surface area (Å²) in [5.74, 6) is 0.413. The van der Waals surface area contributed by atoms with E-state index in [9.17, 15) is 4.79 Å². The van der Waals surface area contributed by atoms with Crippen molar-refractivity contribution in [2.45, 2.75) is 6.92 Å². The molecule has 110 valence electrons. The van der Waals surface area contributed by atoms with E-state index in [-0.39, 0.29) is 5.91 Å². The Morgan fingerprint density at radius 1 is 1.19 bits per heavy atom. The lowest BCUT2D eigenvalue weighted by molar-refractivity contribution is 0.102. The largest absolute Gasteiger partial charge is 0.497 e. The summed E-state index contributed by atoms with van der Waals surface area (Å²) in [5, 5.41) is 6.43. The minimum absolute atomic E-state index is 0.221. The van der Waals surface area contributed by atoms with E-state index in [0.29, 0.717) is 22.0 Å². The number of hydrogen-bond donors (Lipinski definition) is 2. The van der Waals surface area contributed by atoms with Gasteiger partial charge in [-0.3, -0.25) is 4.79 Å². The molecule has 0 saturated heterocycles. The number of carbonyl (C=O) groups excluding carboxylic acids is 1. The van der Waals surface area contributed by atoms with Crippen LogP contribution in [0.2, 0.25) is 5.02 Å². The fourth-order valence-corrected chi connectivity index (χ4v) is 2.11. The van der Waals surface area contributed by atoms with Gasteiger partial charge < -0.3 is 15.4 Å². The van der Waals surface area contributed by atoms with Crippen LogP contribution in [0.1, 0.15) is 17.3 Å². The molecule has 2 rings (SSSR count). The van der Waals surface area contributed by atoms with Gasteiger partial charge >= 0.3 is 0 Å². The minimum Gasteiger partial charge on any atom is -0.497 e. The van der Waals surface area contributed by atoms with Crippen LogP contribution in [0.5, 0.6) is 5.75 Å². The number of para-hydroxylation sites is 1. The molecule has 1 amide bonds. The number of hydrogen-bond acceptors (Lipinski definition) is 3. The molecule has 0 aliphatic heterocycles. The number of ether oxygens (including phenoxy) is 1. The number of methoxy groups -OCH3 is 1. The topological polar surface area (TPSA) is 50.4 Å². The highest BCUT2D eigenvalue weighted by molar-refractivity contribution is 6.34. The van der Waals surface area contributed by atoms with Gasteiger partial charge in [-0.25, -0.2) is 0 Å². The molecule has 0 radical (unpaired) electrons. The van der Waals surface area contributed by atoms with E-state index in [1.807, 2.05) is 25.1 Å². The summed E-state index contributed by atoms with van der Waals surface area (Å²) in [6.07, 6.45) is 0. The highest BCUT2D eigenvalue weighted by atomic mass is 35.5. The second-order valence-electron chi connectivity index (χ2n) is 4.38. The number of halogens is 1. The highest BCUT2D eigenvalue weighted by Gasteiger charge is 2.12. The molecule has 0 spiro atoms. The van der Waals surface area contributed by atoms with Crippen molar-refractivity contribution >= 4 is 28.9 Å². The molecule has 2 N–H and O–H groups in total. The molecule has 0 heterocycles. The standard InChI is InChI=1S/C16H17ClN2O2/c1-3-18-14-7-5-4-6-12(14)16(20)19-15-10-11(21-2)8-9-13(15)17/h4-10,18H,3H2,1-2H3,(H,19,20). The van der Waals surface area contributed by atoms with Crippen LogP contribution in [0.25, 0.3) is 0 Å². The summed E-state index contributed by atoms with van der Waals surface area (Å²) in [6, 6.07) is 12.5. The van der Waals surface area contributed by atoms with E-state index in [2.05, 4.69) is 10.6 Å². The monoisotopic (exact) mass is 304 g/mol. The lowest BCUT2D eigenvalue weighted by atomic mass is 10.1. The number of benzene rings is 2. The second-order valence-corrected chi connectivity index (χ2v) is 4.78. The summed E-state index contributed by atoms with van der Waals surface area (Å²) in [5.41, 5.74) is 1.88. The molecule has 2 aromatic rings. The van der Waals surface area contributed by atoms with Gasteiger partial charge in [-0.15, -0.1) is 0 Å². The van der Waals surface area contributed by atoms with Crippen molar-refractivity contribution in [2.75, 3.05) is 24.3 Å². The zero-order chi connectivity index (χ0) is 15.2. The van der Waals surface area contributed by atoms with Crippen molar-refractivity contribution < 1.29 is 9.53 Å². The maximum Gasteiger partial charge on any atom is 0.257 e. The summed E-state index contributed by atoms with van der Waals surface area (Å²) in [6.45, 7) is 2.72. The molecule has 4 nitrogen and oxygen atoms in total. The summed E-state index contributed by atoms with van der Waals surface area (Å²) < 4.78 is 5.14. The van der Waals surface area contributed by atoms with Gasteiger partial charge in [-0.2, -0.15) is 0 Å². The Morgan fingerprint density at radius 3 is 2.67 bits per heavy atom. The van der Waals surface area contributed by atoms with Gasteiger partial charge in [0.15, 0.2) is 0 Å². The van der Waals surface area contributed by atoms with Crippen molar-refractivity contribution in [2.24, 2.45) is 0 Å². The first-order chi connectivity index (χ1) is 10.2. The molecule has 0 aliphatic carbocycles. The third-order valence-electron chi connectivity index (χ3n) is 2.96. The molecule has 0 aromatic heterocycles. The lowest BCUT2D eigenvalue weighted by Crippen LogP contribution is -2.15. The van der Waals surface area contributed by atoms with Gasteiger partial charge in [0.25, 0.3) is 5.91 Å². The predicted octanol–water partition coefficient (Wildman–Crippen LogP) is 4.03. The van der Waals surface area contributed by atoms with Crippen molar-refractivity contribution in [3.05, 3.63) is 53.1 Å². The highest BCUT2D eigenvalue weighted by Crippen LogP contribution is 2.27. The Labute approximate surface area is 129 Å². The zero-order valence-electron chi connectivity index (χ0n) is 11.9. The summed E-state index contributed by atoms with van der Waals surface area (Å²) in [4.78, 5) is 12.4. The van der Waals surface area contributed by atoms with Crippen LogP contribution < -0.4 is 15.4 Å². The number of rotatable bonds is 5. The molecule has 21 heavy (non-hydrogen) atoms. The Hall–Kier alpha value is -2.20. The maximum absolute atomic E-state index is 12.4. The zero-order valence-corrected chi connectivity index (χ0v) is 12.7. The average Bonchev–Trinajstić information content (AvgIpc) is 2.50. The van der Waals surface area contributed by atoms with Gasteiger partial charge in [0, 0.05) is 18.3 Å². The molecular weight excluding hydrogens is 288 g/mol. The Balaban J connectivity index is 2.26. The third-order valence-corrected chi connectivity index (χ3v) is 3.29. The van der Waals surface area contributed by atoms with Gasteiger partial charge in [0.05, 0.1) is 23.4 Å². The normalized spacial score (nSPS) is 10.0. The lowest BCUT2D eigenvalue weighted by Gasteiger charge is -2.12. The average molecular weight is 305 g/mol. The van der Waals surface area contributed by atoms with Crippen LogP contribution in [0.3, 0.4) is 0 Å². The molecule has 5 heteroatoms. The Kier molecular flexibility index (Phi) is 5.06. The first-order valence-electron chi connectivity index (χ1n) is 6.63. The SMILES string of the molecule is CCNc1ccccc1C(=O)Nc1cc(OC)ccc1Cl. The second kappa shape index (κ2) is 6.99. The molecule has 2 aromatic carbocycles. The van der Waals surface area contributed by atoms with Gasteiger partial charge in [0.1, 0.15) is 5.75 Å². The minimum atomic E-state index is -0.221. The molecule has 0 aliphatic rings.